The van der Waals surface area contributed by atoms with Crippen LogP contribution in [0, 0.1) is 17.8 Å². The number of carbonyl (C=O) groups excluding carboxylic acids is 1. The number of aliphatic hydroxyl groups is 1. The molecule has 0 bridgehead atoms. The van der Waals surface area contributed by atoms with Gasteiger partial charge in [0.15, 0.2) is 0 Å². The van der Waals surface area contributed by atoms with Gasteiger partial charge in [-0.25, -0.2) is 4.79 Å². The fourth-order valence-corrected chi connectivity index (χ4v) is 4.86. The third kappa shape index (κ3) is 7.49. The van der Waals surface area contributed by atoms with Crippen LogP contribution in [0.15, 0.2) is 91.0 Å². The molecule has 4 atom stereocenters. The smallest absolute Gasteiger partial charge is 0.338 e. The lowest BCUT2D eigenvalue weighted by molar-refractivity contribution is -0.00957. The van der Waals surface area contributed by atoms with Crippen LogP contribution in [0.2, 0.25) is 0 Å². The number of esters is 1. The maximum Gasteiger partial charge on any atom is 0.338 e. The van der Waals surface area contributed by atoms with Gasteiger partial charge in [0.05, 0.1) is 44.7 Å². The Hall–Kier alpha value is -2.99. The van der Waals surface area contributed by atoms with Gasteiger partial charge in [-0.3, -0.25) is 0 Å². The second-order valence-electron chi connectivity index (χ2n) is 9.18. The Morgan fingerprint density at radius 2 is 1.26 bits per heavy atom. The zero-order chi connectivity index (χ0) is 24.3. The highest BCUT2D eigenvalue weighted by atomic mass is 16.5. The van der Waals surface area contributed by atoms with E-state index in [4.69, 9.17) is 14.2 Å². The summed E-state index contributed by atoms with van der Waals surface area (Å²) in [5, 5.41) is 10.9. The van der Waals surface area contributed by atoms with Gasteiger partial charge in [-0.2, -0.15) is 0 Å². The highest BCUT2D eigenvalue weighted by molar-refractivity contribution is 5.89. The molecule has 3 aromatic rings. The molecule has 0 heterocycles. The second kappa shape index (κ2) is 13.2. The summed E-state index contributed by atoms with van der Waals surface area (Å²) in [5.41, 5.74) is 2.78. The van der Waals surface area contributed by atoms with Crippen LogP contribution in [-0.4, -0.2) is 37.0 Å². The SMILES string of the molecule is O=C(OCC[C@H]1C[C@@H](O)[C@@H](COCc2ccccc2)[C@H]1COCc1ccccc1)c1ccccc1. The van der Waals surface area contributed by atoms with E-state index in [-0.39, 0.29) is 23.7 Å². The minimum Gasteiger partial charge on any atom is -0.462 e. The summed E-state index contributed by atoms with van der Waals surface area (Å²) in [5.74, 6) is -0.0253. The maximum atomic E-state index is 12.3. The number of rotatable bonds is 12. The molecular formula is C30H34O5. The van der Waals surface area contributed by atoms with E-state index >= 15 is 0 Å². The summed E-state index contributed by atoms with van der Waals surface area (Å²) >= 11 is 0. The van der Waals surface area contributed by atoms with Crippen molar-refractivity contribution in [1.29, 1.82) is 0 Å². The number of ether oxygens (including phenoxy) is 3. The van der Waals surface area contributed by atoms with Crippen LogP contribution in [0.1, 0.15) is 34.3 Å². The van der Waals surface area contributed by atoms with Crippen LogP contribution in [0.25, 0.3) is 0 Å². The van der Waals surface area contributed by atoms with E-state index in [0.29, 0.717) is 51.4 Å². The molecule has 1 N–H and O–H groups in total. The molecular weight excluding hydrogens is 440 g/mol. The molecule has 5 nitrogen and oxygen atoms in total. The summed E-state index contributed by atoms with van der Waals surface area (Å²) in [6.45, 7) is 2.36. The van der Waals surface area contributed by atoms with Crippen molar-refractivity contribution in [3.63, 3.8) is 0 Å². The molecule has 0 unspecified atom stereocenters. The van der Waals surface area contributed by atoms with Crippen molar-refractivity contribution in [3.05, 3.63) is 108 Å². The van der Waals surface area contributed by atoms with Crippen molar-refractivity contribution in [3.8, 4) is 0 Å². The van der Waals surface area contributed by atoms with Crippen LogP contribution in [0.5, 0.6) is 0 Å². The fraction of sp³-hybridized carbons (Fsp3) is 0.367. The Labute approximate surface area is 207 Å². The third-order valence-corrected chi connectivity index (χ3v) is 6.77. The van der Waals surface area contributed by atoms with Gasteiger partial charge in [0.2, 0.25) is 0 Å². The Kier molecular flexibility index (Phi) is 9.47. The first-order valence-corrected chi connectivity index (χ1v) is 12.3. The Morgan fingerprint density at radius 3 is 1.83 bits per heavy atom. The summed E-state index contributed by atoms with van der Waals surface area (Å²) in [6.07, 6.45) is 0.872. The standard InChI is InChI=1S/C30H34O5/c31-29-18-26(16-17-35-30(32)25-14-8-3-9-15-25)27(21-33-19-23-10-4-1-5-11-23)28(29)22-34-20-24-12-6-2-7-13-24/h1-15,26-29,31H,16-22H2/t26-,27-,28-,29+/m0/s1. The zero-order valence-corrected chi connectivity index (χ0v) is 20.0. The topological polar surface area (TPSA) is 65.0 Å². The number of hydrogen-bond acceptors (Lipinski definition) is 5. The van der Waals surface area contributed by atoms with E-state index in [1.165, 1.54) is 0 Å². The quantitative estimate of drug-likeness (QED) is 0.362. The van der Waals surface area contributed by atoms with Crippen molar-refractivity contribution in [2.75, 3.05) is 19.8 Å². The van der Waals surface area contributed by atoms with Gasteiger partial charge < -0.3 is 19.3 Å². The molecule has 0 amide bonds. The van der Waals surface area contributed by atoms with Gasteiger partial charge in [-0.05, 0) is 47.9 Å². The van der Waals surface area contributed by atoms with E-state index in [1.807, 2.05) is 78.9 Å². The third-order valence-electron chi connectivity index (χ3n) is 6.77. The fourth-order valence-electron chi connectivity index (χ4n) is 4.86. The largest absolute Gasteiger partial charge is 0.462 e. The van der Waals surface area contributed by atoms with Gasteiger partial charge in [-0.1, -0.05) is 78.9 Å². The molecule has 0 aromatic heterocycles. The van der Waals surface area contributed by atoms with Crippen molar-refractivity contribution < 1.29 is 24.1 Å². The first-order chi connectivity index (χ1) is 17.2. The van der Waals surface area contributed by atoms with E-state index in [1.54, 1.807) is 12.1 Å². The van der Waals surface area contributed by atoms with E-state index in [2.05, 4.69) is 0 Å². The van der Waals surface area contributed by atoms with Crippen molar-refractivity contribution in [2.45, 2.75) is 32.2 Å². The lowest BCUT2D eigenvalue weighted by Crippen LogP contribution is -2.29. The first kappa shape index (κ1) is 25.1. The highest BCUT2D eigenvalue weighted by Crippen LogP contribution is 2.40. The molecule has 184 valence electrons. The van der Waals surface area contributed by atoms with Crippen LogP contribution in [-0.2, 0) is 27.4 Å². The molecule has 0 aliphatic heterocycles. The monoisotopic (exact) mass is 474 g/mol. The van der Waals surface area contributed by atoms with Crippen LogP contribution < -0.4 is 0 Å². The van der Waals surface area contributed by atoms with Crippen molar-refractivity contribution in [2.24, 2.45) is 17.8 Å². The highest BCUT2D eigenvalue weighted by Gasteiger charge is 2.42. The zero-order valence-electron chi connectivity index (χ0n) is 20.0. The molecule has 0 radical (unpaired) electrons. The molecule has 1 fully saturated rings. The van der Waals surface area contributed by atoms with Crippen molar-refractivity contribution in [1.82, 2.24) is 0 Å². The lowest BCUT2D eigenvalue weighted by Gasteiger charge is -2.25. The predicted octanol–water partition coefficient (Wildman–Crippen LogP) is 5.28. The number of aliphatic hydroxyl groups excluding tert-OH is 1. The second-order valence-corrected chi connectivity index (χ2v) is 9.18. The molecule has 1 aliphatic carbocycles. The molecule has 0 saturated heterocycles. The van der Waals surface area contributed by atoms with Crippen LogP contribution in [0.3, 0.4) is 0 Å². The average Bonchev–Trinajstić information content (AvgIpc) is 3.19. The predicted molar refractivity (Wildman–Crippen MR) is 135 cm³/mol. The Morgan fingerprint density at radius 1 is 0.743 bits per heavy atom. The lowest BCUT2D eigenvalue weighted by atomic mass is 9.88. The molecule has 0 spiro atoms. The van der Waals surface area contributed by atoms with Gasteiger partial charge in [0.25, 0.3) is 0 Å². The summed E-state index contributed by atoms with van der Waals surface area (Å²) in [7, 11) is 0. The number of benzene rings is 3. The van der Waals surface area contributed by atoms with E-state index in [0.717, 1.165) is 11.1 Å². The Bertz CT molecular complexity index is 1010. The number of hydrogen-bond donors (Lipinski definition) is 1. The average molecular weight is 475 g/mol. The normalized spacial score (nSPS) is 21.6. The molecule has 35 heavy (non-hydrogen) atoms. The van der Waals surface area contributed by atoms with Gasteiger partial charge in [0, 0.05) is 5.92 Å². The minimum absolute atomic E-state index is 0.0238. The van der Waals surface area contributed by atoms with E-state index < -0.39 is 6.10 Å². The molecule has 1 aliphatic rings. The summed E-state index contributed by atoms with van der Waals surface area (Å²) < 4.78 is 17.6. The molecule has 4 rings (SSSR count). The molecule has 1 saturated carbocycles. The summed E-state index contributed by atoms with van der Waals surface area (Å²) in [4.78, 5) is 12.3. The first-order valence-electron chi connectivity index (χ1n) is 12.3. The van der Waals surface area contributed by atoms with Gasteiger partial charge in [0.1, 0.15) is 0 Å². The maximum absolute atomic E-state index is 12.3. The van der Waals surface area contributed by atoms with Crippen LogP contribution in [0.4, 0.5) is 0 Å². The molecule has 3 aromatic carbocycles. The van der Waals surface area contributed by atoms with Crippen LogP contribution >= 0.6 is 0 Å². The van der Waals surface area contributed by atoms with E-state index in [9.17, 15) is 9.90 Å². The Balaban J connectivity index is 1.33. The van der Waals surface area contributed by atoms with Gasteiger partial charge >= 0.3 is 5.97 Å². The van der Waals surface area contributed by atoms with Crippen molar-refractivity contribution >= 4 is 5.97 Å². The minimum atomic E-state index is -0.467. The van der Waals surface area contributed by atoms with Gasteiger partial charge in [-0.15, -0.1) is 0 Å². The molecule has 5 heteroatoms. The number of carbonyl (C=O) groups is 1. The summed E-state index contributed by atoms with van der Waals surface area (Å²) in [6, 6.07) is 29.2.